The molecule has 136 valence electrons. The summed E-state index contributed by atoms with van der Waals surface area (Å²) in [6, 6.07) is 8.10. The minimum absolute atomic E-state index is 0.156. The Balaban J connectivity index is 1.71. The quantitative estimate of drug-likeness (QED) is 0.636. The van der Waals surface area contributed by atoms with Gasteiger partial charge in [-0.15, -0.1) is 0 Å². The summed E-state index contributed by atoms with van der Waals surface area (Å²) >= 11 is 0. The average molecular weight is 346 g/mol. The van der Waals surface area contributed by atoms with Gasteiger partial charge in [-0.3, -0.25) is 9.59 Å². The summed E-state index contributed by atoms with van der Waals surface area (Å²) in [6.45, 7) is -0.192. The zero-order valence-electron chi connectivity index (χ0n) is 14.4. The van der Waals surface area contributed by atoms with E-state index in [-0.39, 0.29) is 18.9 Å². The van der Waals surface area contributed by atoms with E-state index in [1.165, 1.54) is 25.7 Å². The van der Waals surface area contributed by atoms with Crippen LogP contribution in [0.25, 0.3) is 0 Å². The van der Waals surface area contributed by atoms with Crippen LogP contribution in [0.15, 0.2) is 30.3 Å². The Morgan fingerprint density at radius 3 is 2.40 bits per heavy atom. The van der Waals surface area contributed by atoms with E-state index in [0.29, 0.717) is 12.3 Å². The number of amides is 2. The van der Waals surface area contributed by atoms with E-state index in [9.17, 15) is 19.5 Å². The lowest BCUT2D eigenvalue weighted by Crippen LogP contribution is -2.46. The van der Waals surface area contributed by atoms with Gasteiger partial charge in [0.25, 0.3) is 0 Å². The lowest BCUT2D eigenvalue weighted by atomic mass is 10.0. The van der Waals surface area contributed by atoms with Gasteiger partial charge < -0.3 is 15.7 Å². The number of hydrogen-bond donors (Lipinski definition) is 3. The fraction of sp³-hybridized carbons (Fsp3) is 0.526. The van der Waals surface area contributed by atoms with Gasteiger partial charge in [-0.25, -0.2) is 4.79 Å². The predicted molar refractivity (Wildman–Crippen MR) is 93.9 cm³/mol. The smallest absolute Gasteiger partial charge is 0.326 e. The lowest BCUT2D eigenvalue weighted by Gasteiger charge is -2.15. The van der Waals surface area contributed by atoms with Gasteiger partial charge in [-0.05, 0) is 17.9 Å². The van der Waals surface area contributed by atoms with Gasteiger partial charge in [0.1, 0.15) is 6.04 Å². The van der Waals surface area contributed by atoms with E-state index in [0.717, 1.165) is 12.0 Å². The Kier molecular flexibility index (Phi) is 7.44. The summed E-state index contributed by atoms with van der Waals surface area (Å²) < 4.78 is 0. The molecule has 0 saturated heterocycles. The monoisotopic (exact) mass is 346 g/mol. The van der Waals surface area contributed by atoms with Crippen LogP contribution < -0.4 is 10.6 Å². The van der Waals surface area contributed by atoms with Crippen molar-refractivity contribution < 1.29 is 19.5 Å². The molecule has 0 heterocycles. The summed E-state index contributed by atoms with van der Waals surface area (Å²) in [4.78, 5) is 35.1. The molecule has 0 spiro atoms. The summed E-state index contributed by atoms with van der Waals surface area (Å²) in [5, 5.41) is 14.3. The summed E-state index contributed by atoms with van der Waals surface area (Å²) in [6.07, 6.45) is 6.35. The first-order chi connectivity index (χ1) is 12.0. The second-order valence-electron chi connectivity index (χ2n) is 6.61. The minimum atomic E-state index is -1.09. The second kappa shape index (κ2) is 9.81. The molecule has 25 heavy (non-hydrogen) atoms. The van der Waals surface area contributed by atoms with Crippen LogP contribution in [0.3, 0.4) is 0 Å². The topological polar surface area (TPSA) is 95.5 Å². The van der Waals surface area contributed by atoms with Crippen molar-refractivity contribution in [2.24, 2.45) is 5.92 Å². The van der Waals surface area contributed by atoms with Crippen molar-refractivity contribution in [1.82, 2.24) is 10.6 Å². The third kappa shape index (κ3) is 6.95. The van der Waals surface area contributed by atoms with Gasteiger partial charge in [-0.1, -0.05) is 56.0 Å². The number of carbonyl (C=O) groups excluding carboxylic acids is 2. The van der Waals surface area contributed by atoms with Crippen molar-refractivity contribution >= 4 is 17.8 Å². The first-order valence-corrected chi connectivity index (χ1v) is 8.87. The largest absolute Gasteiger partial charge is 0.480 e. The maximum Gasteiger partial charge on any atom is 0.326 e. The molecule has 0 radical (unpaired) electrons. The van der Waals surface area contributed by atoms with Crippen LogP contribution in [-0.2, 0) is 20.8 Å². The number of aliphatic carboxylic acids is 1. The maximum absolute atomic E-state index is 11.9. The van der Waals surface area contributed by atoms with Gasteiger partial charge in [0.05, 0.1) is 6.54 Å². The van der Waals surface area contributed by atoms with E-state index in [2.05, 4.69) is 10.6 Å². The molecule has 1 aromatic rings. The number of carbonyl (C=O) groups is 3. The van der Waals surface area contributed by atoms with Crippen molar-refractivity contribution in [3.63, 3.8) is 0 Å². The summed E-state index contributed by atoms with van der Waals surface area (Å²) in [7, 11) is 0. The highest BCUT2D eigenvalue weighted by Gasteiger charge is 2.21. The summed E-state index contributed by atoms with van der Waals surface area (Å²) in [5.41, 5.74) is 0.829. The number of hydrogen-bond acceptors (Lipinski definition) is 3. The molecule has 0 unspecified atom stereocenters. The van der Waals surface area contributed by atoms with E-state index >= 15 is 0 Å². The van der Waals surface area contributed by atoms with Crippen LogP contribution in [0, 0.1) is 5.92 Å². The SMILES string of the molecule is O=C(CCC1CCCC1)NCC(=O)N[C@@H](Cc1ccccc1)C(=O)O. The molecule has 2 rings (SSSR count). The van der Waals surface area contributed by atoms with Crippen molar-refractivity contribution in [2.75, 3.05) is 6.54 Å². The second-order valence-corrected chi connectivity index (χ2v) is 6.61. The van der Waals surface area contributed by atoms with E-state index in [4.69, 9.17) is 0 Å². The van der Waals surface area contributed by atoms with Crippen molar-refractivity contribution in [1.29, 1.82) is 0 Å². The number of rotatable bonds is 9. The fourth-order valence-corrected chi connectivity index (χ4v) is 3.20. The lowest BCUT2D eigenvalue weighted by molar-refractivity contribution is -0.141. The fourth-order valence-electron chi connectivity index (χ4n) is 3.20. The first kappa shape index (κ1) is 19.0. The zero-order valence-corrected chi connectivity index (χ0v) is 14.4. The van der Waals surface area contributed by atoms with Crippen LogP contribution in [0.1, 0.15) is 44.1 Å². The zero-order chi connectivity index (χ0) is 18.1. The Labute approximate surface area is 148 Å². The molecular formula is C19H26N2O4. The Morgan fingerprint density at radius 1 is 1.08 bits per heavy atom. The predicted octanol–water partition coefficient (Wildman–Crippen LogP) is 1.89. The van der Waals surface area contributed by atoms with Crippen LogP contribution in [0.2, 0.25) is 0 Å². The van der Waals surface area contributed by atoms with Gasteiger partial charge in [0.2, 0.25) is 11.8 Å². The van der Waals surface area contributed by atoms with E-state index in [1.54, 1.807) is 0 Å². The van der Waals surface area contributed by atoms with Gasteiger partial charge in [0.15, 0.2) is 0 Å². The highest BCUT2D eigenvalue weighted by atomic mass is 16.4. The van der Waals surface area contributed by atoms with Crippen LogP contribution in [0.5, 0.6) is 0 Å². The van der Waals surface area contributed by atoms with Crippen molar-refractivity contribution in [3.05, 3.63) is 35.9 Å². The van der Waals surface area contributed by atoms with Crippen LogP contribution in [-0.4, -0.2) is 35.5 Å². The molecule has 0 aromatic heterocycles. The number of carboxylic acid groups (broad SMARTS) is 1. The molecule has 1 aliphatic carbocycles. The highest BCUT2D eigenvalue weighted by Crippen LogP contribution is 2.28. The molecule has 3 N–H and O–H groups in total. The van der Waals surface area contributed by atoms with Crippen molar-refractivity contribution in [3.8, 4) is 0 Å². The van der Waals surface area contributed by atoms with E-state index < -0.39 is 17.9 Å². The normalized spacial score (nSPS) is 15.5. The molecule has 0 bridgehead atoms. The average Bonchev–Trinajstić information content (AvgIpc) is 3.12. The molecule has 1 saturated carbocycles. The number of carboxylic acids is 1. The first-order valence-electron chi connectivity index (χ1n) is 8.87. The Hall–Kier alpha value is -2.37. The third-order valence-electron chi connectivity index (χ3n) is 4.62. The molecular weight excluding hydrogens is 320 g/mol. The highest BCUT2D eigenvalue weighted by molar-refractivity contribution is 5.87. The number of nitrogens with one attached hydrogen (secondary N) is 2. The molecule has 1 aromatic carbocycles. The molecule has 2 amide bonds. The molecule has 1 aliphatic rings. The van der Waals surface area contributed by atoms with Crippen molar-refractivity contribution in [2.45, 2.75) is 51.0 Å². The van der Waals surface area contributed by atoms with Crippen LogP contribution >= 0.6 is 0 Å². The standard InChI is InChI=1S/C19H26N2O4/c22-17(11-10-14-6-4-5-7-14)20-13-18(23)21-16(19(24)25)12-15-8-2-1-3-9-15/h1-3,8-9,14,16H,4-7,10-13H2,(H,20,22)(H,21,23)(H,24,25)/t16-/m0/s1. The maximum atomic E-state index is 11.9. The molecule has 1 fully saturated rings. The molecule has 6 nitrogen and oxygen atoms in total. The minimum Gasteiger partial charge on any atom is -0.480 e. The number of benzene rings is 1. The summed E-state index contributed by atoms with van der Waals surface area (Å²) in [5.74, 6) is -1.11. The van der Waals surface area contributed by atoms with Gasteiger partial charge in [-0.2, -0.15) is 0 Å². The third-order valence-corrected chi connectivity index (χ3v) is 4.62. The van der Waals surface area contributed by atoms with Gasteiger partial charge >= 0.3 is 5.97 Å². The molecule has 6 heteroatoms. The molecule has 0 aliphatic heterocycles. The van der Waals surface area contributed by atoms with E-state index in [1.807, 2.05) is 30.3 Å². The Bertz CT molecular complexity index is 582. The molecule has 1 atom stereocenters. The van der Waals surface area contributed by atoms with Gasteiger partial charge in [0, 0.05) is 12.8 Å². The Morgan fingerprint density at radius 2 is 1.76 bits per heavy atom. The van der Waals surface area contributed by atoms with Crippen LogP contribution in [0.4, 0.5) is 0 Å².